The molecule has 0 fully saturated rings. The van der Waals surface area contributed by atoms with E-state index in [2.05, 4.69) is 0 Å². The lowest BCUT2D eigenvalue weighted by atomic mass is 10.2. The summed E-state index contributed by atoms with van der Waals surface area (Å²) in [7, 11) is -2.34. The van der Waals surface area contributed by atoms with Gasteiger partial charge in [-0.25, -0.2) is 13.2 Å². The second-order valence-electron chi connectivity index (χ2n) is 6.30. The molecule has 0 saturated heterocycles. The van der Waals surface area contributed by atoms with Crippen LogP contribution >= 0.6 is 0 Å². The minimum atomic E-state index is -3.77. The quantitative estimate of drug-likeness (QED) is 0.737. The van der Waals surface area contributed by atoms with Gasteiger partial charge in [0, 0.05) is 7.05 Å². The summed E-state index contributed by atoms with van der Waals surface area (Å²) in [4.78, 5) is 12.5. The van der Waals surface area contributed by atoms with Gasteiger partial charge in [-0.1, -0.05) is 43.7 Å². The van der Waals surface area contributed by atoms with Gasteiger partial charge in [-0.15, -0.1) is 0 Å². The summed E-state index contributed by atoms with van der Waals surface area (Å²) in [5.41, 5.74) is 1.48. The Hall–Kier alpha value is -2.34. The van der Waals surface area contributed by atoms with Crippen LogP contribution in [0.15, 0.2) is 53.4 Å². The molecule has 0 amide bonds. The molecule has 0 N–H and O–H groups in total. The van der Waals surface area contributed by atoms with Gasteiger partial charge < -0.3 is 4.74 Å². The van der Waals surface area contributed by atoms with Crippen molar-refractivity contribution in [3.8, 4) is 0 Å². The van der Waals surface area contributed by atoms with Crippen LogP contribution in [0.25, 0.3) is 0 Å². The molecule has 0 heterocycles. The Labute approximate surface area is 149 Å². The molecule has 134 valence electrons. The van der Waals surface area contributed by atoms with Gasteiger partial charge in [0.2, 0.25) is 0 Å². The molecule has 6 heteroatoms. The van der Waals surface area contributed by atoms with E-state index in [4.69, 9.17) is 4.74 Å². The van der Waals surface area contributed by atoms with Gasteiger partial charge in [0.1, 0.15) is 0 Å². The van der Waals surface area contributed by atoms with Gasteiger partial charge in [0.15, 0.2) is 0 Å². The normalized spacial score (nSPS) is 11.4. The summed E-state index contributed by atoms with van der Waals surface area (Å²) < 4.78 is 32.1. The molecule has 2 aromatic carbocycles. The molecule has 0 aliphatic carbocycles. The van der Waals surface area contributed by atoms with E-state index in [1.807, 2.05) is 20.8 Å². The first kappa shape index (κ1) is 19.0. The van der Waals surface area contributed by atoms with Crippen molar-refractivity contribution in [2.75, 3.05) is 18.0 Å². The molecule has 2 aromatic rings. The van der Waals surface area contributed by atoms with E-state index in [0.717, 1.165) is 9.87 Å². The lowest BCUT2D eigenvalue weighted by Crippen LogP contribution is -2.28. The molecule has 0 aliphatic heterocycles. The second-order valence-corrected chi connectivity index (χ2v) is 8.26. The van der Waals surface area contributed by atoms with Crippen LogP contribution in [-0.2, 0) is 14.8 Å². The Morgan fingerprint density at radius 3 is 2.28 bits per heavy atom. The number of aryl methyl sites for hydroxylation is 1. The zero-order valence-corrected chi connectivity index (χ0v) is 15.7. The third kappa shape index (κ3) is 4.39. The molecule has 2 rings (SSSR count). The minimum absolute atomic E-state index is 0.172. The maximum atomic E-state index is 12.9. The third-order valence-corrected chi connectivity index (χ3v) is 5.48. The number of ether oxygens (including phenoxy) is 1. The molecule has 5 nitrogen and oxygen atoms in total. The van der Waals surface area contributed by atoms with Crippen LogP contribution in [-0.4, -0.2) is 28.0 Å². The molecule has 0 unspecified atom stereocenters. The van der Waals surface area contributed by atoms with E-state index in [9.17, 15) is 13.2 Å². The summed E-state index contributed by atoms with van der Waals surface area (Å²) in [6, 6.07) is 13.1. The van der Waals surface area contributed by atoms with Crippen molar-refractivity contribution in [1.82, 2.24) is 0 Å². The maximum absolute atomic E-state index is 12.9. The molecule has 0 aliphatic rings. The van der Waals surface area contributed by atoms with E-state index in [-0.39, 0.29) is 28.7 Å². The highest BCUT2D eigenvalue weighted by atomic mass is 32.2. The van der Waals surface area contributed by atoms with Crippen molar-refractivity contribution in [2.24, 2.45) is 5.92 Å². The monoisotopic (exact) mass is 361 g/mol. The third-order valence-electron chi connectivity index (χ3n) is 3.69. The summed E-state index contributed by atoms with van der Waals surface area (Å²) in [5, 5.41) is 0. The van der Waals surface area contributed by atoms with Crippen molar-refractivity contribution in [3.63, 3.8) is 0 Å². The lowest BCUT2D eigenvalue weighted by molar-refractivity contribution is 0.0460. The average Bonchev–Trinajstić information content (AvgIpc) is 2.59. The molecule has 0 radical (unpaired) electrons. The molecular formula is C19H23NO4S. The van der Waals surface area contributed by atoms with Crippen molar-refractivity contribution >= 4 is 21.7 Å². The Morgan fingerprint density at radius 1 is 1.08 bits per heavy atom. The van der Waals surface area contributed by atoms with Gasteiger partial charge in [0.05, 0.1) is 22.8 Å². The van der Waals surface area contributed by atoms with Crippen LogP contribution in [0, 0.1) is 12.8 Å². The van der Waals surface area contributed by atoms with E-state index in [1.54, 1.807) is 48.5 Å². The standard InChI is InChI=1S/C19H23NO4S/c1-14(2)13-24-19(21)17-7-5-6-8-18(17)20(4)25(22,23)16-11-9-15(3)10-12-16/h5-12,14H,13H2,1-4H3. The topological polar surface area (TPSA) is 63.7 Å². The highest BCUT2D eigenvalue weighted by molar-refractivity contribution is 7.92. The number of hydrogen-bond donors (Lipinski definition) is 0. The maximum Gasteiger partial charge on any atom is 0.340 e. The van der Waals surface area contributed by atoms with Crippen molar-refractivity contribution in [3.05, 3.63) is 59.7 Å². The first-order valence-electron chi connectivity index (χ1n) is 8.05. The highest BCUT2D eigenvalue weighted by Gasteiger charge is 2.25. The van der Waals surface area contributed by atoms with Gasteiger partial charge in [-0.2, -0.15) is 0 Å². The first-order chi connectivity index (χ1) is 11.7. The van der Waals surface area contributed by atoms with Crippen LogP contribution in [0.1, 0.15) is 29.8 Å². The van der Waals surface area contributed by atoms with E-state index in [0.29, 0.717) is 0 Å². The van der Waals surface area contributed by atoms with Gasteiger partial charge in [0.25, 0.3) is 10.0 Å². The molecule has 0 bridgehead atoms. The molecule has 25 heavy (non-hydrogen) atoms. The fraction of sp³-hybridized carbons (Fsp3) is 0.316. The number of sulfonamides is 1. The molecule has 0 atom stereocenters. The zero-order valence-electron chi connectivity index (χ0n) is 14.9. The van der Waals surface area contributed by atoms with Crippen molar-refractivity contribution in [2.45, 2.75) is 25.7 Å². The zero-order chi connectivity index (χ0) is 18.6. The SMILES string of the molecule is Cc1ccc(S(=O)(=O)N(C)c2ccccc2C(=O)OCC(C)C)cc1. The minimum Gasteiger partial charge on any atom is -0.462 e. The molecule has 0 spiro atoms. The highest BCUT2D eigenvalue weighted by Crippen LogP contribution is 2.26. The fourth-order valence-electron chi connectivity index (χ4n) is 2.24. The number of hydrogen-bond acceptors (Lipinski definition) is 4. The van der Waals surface area contributed by atoms with E-state index in [1.165, 1.54) is 7.05 Å². The van der Waals surface area contributed by atoms with Crippen LogP contribution in [0.5, 0.6) is 0 Å². The number of carbonyl (C=O) groups excluding carboxylic acids is 1. The lowest BCUT2D eigenvalue weighted by Gasteiger charge is -2.22. The number of nitrogens with zero attached hydrogens (tertiary/aromatic N) is 1. The molecule has 0 saturated carbocycles. The Morgan fingerprint density at radius 2 is 1.68 bits per heavy atom. The van der Waals surface area contributed by atoms with Crippen molar-refractivity contribution < 1.29 is 17.9 Å². The Bertz CT molecular complexity index is 842. The number of para-hydroxylation sites is 1. The smallest absolute Gasteiger partial charge is 0.340 e. The number of benzene rings is 2. The average molecular weight is 361 g/mol. The van der Waals surface area contributed by atoms with Gasteiger partial charge >= 0.3 is 5.97 Å². The second kappa shape index (κ2) is 7.70. The van der Waals surface area contributed by atoms with Crippen LogP contribution in [0.4, 0.5) is 5.69 Å². The van der Waals surface area contributed by atoms with Crippen LogP contribution in [0.3, 0.4) is 0 Å². The van der Waals surface area contributed by atoms with Crippen LogP contribution in [0.2, 0.25) is 0 Å². The number of esters is 1. The van der Waals surface area contributed by atoms with Gasteiger partial charge in [-0.3, -0.25) is 4.31 Å². The molecular weight excluding hydrogens is 338 g/mol. The number of anilines is 1. The summed E-state index contributed by atoms with van der Waals surface area (Å²) in [5.74, 6) is -0.333. The first-order valence-corrected chi connectivity index (χ1v) is 9.49. The van der Waals surface area contributed by atoms with Crippen molar-refractivity contribution in [1.29, 1.82) is 0 Å². The Balaban J connectivity index is 2.37. The predicted octanol–water partition coefficient (Wildman–Crippen LogP) is 3.63. The summed E-state index contributed by atoms with van der Waals surface area (Å²) >= 11 is 0. The number of carbonyl (C=O) groups is 1. The number of rotatable bonds is 6. The summed E-state index contributed by atoms with van der Waals surface area (Å²) in [6.07, 6.45) is 0. The Kier molecular flexibility index (Phi) is 5.85. The van der Waals surface area contributed by atoms with Gasteiger partial charge in [-0.05, 0) is 37.1 Å². The largest absolute Gasteiger partial charge is 0.462 e. The fourth-order valence-corrected chi connectivity index (χ4v) is 3.45. The van der Waals surface area contributed by atoms with E-state index >= 15 is 0 Å². The predicted molar refractivity (Wildman–Crippen MR) is 98.3 cm³/mol. The molecule has 0 aromatic heterocycles. The van der Waals surface area contributed by atoms with E-state index < -0.39 is 16.0 Å². The van der Waals surface area contributed by atoms with Crippen LogP contribution < -0.4 is 4.31 Å². The summed E-state index contributed by atoms with van der Waals surface area (Å²) in [6.45, 7) is 6.04.